The molecule has 2 aromatic rings. The molecule has 0 unspecified atom stereocenters. The van der Waals surface area contributed by atoms with Crippen molar-refractivity contribution in [2.45, 2.75) is 0 Å². The molecule has 0 atom stereocenters. The highest BCUT2D eigenvalue weighted by atomic mass is 16.5. The number of carbonyl (C=O) groups excluding carboxylic acids is 1. The van der Waals surface area contributed by atoms with E-state index in [9.17, 15) is 4.79 Å². The van der Waals surface area contributed by atoms with Crippen LogP contribution in [0.1, 0.15) is 10.4 Å². The number of anilines is 1. The molecule has 5 heteroatoms. The van der Waals surface area contributed by atoms with Crippen LogP contribution in [0.3, 0.4) is 0 Å². The van der Waals surface area contributed by atoms with Crippen molar-refractivity contribution in [2.24, 2.45) is 0 Å². The largest absolute Gasteiger partial charge is 0.497 e. The van der Waals surface area contributed by atoms with Crippen LogP contribution in [0.5, 0.6) is 11.5 Å². The molecule has 0 saturated carbocycles. The van der Waals surface area contributed by atoms with Crippen LogP contribution in [0.2, 0.25) is 0 Å². The summed E-state index contributed by atoms with van der Waals surface area (Å²) in [5, 5.41) is 2.75. The zero-order chi connectivity index (χ0) is 13.7. The number of benzene rings is 1. The third-order valence-corrected chi connectivity index (χ3v) is 2.57. The predicted molar refractivity (Wildman–Crippen MR) is 71.7 cm³/mol. The van der Waals surface area contributed by atoms with Gasteiger partial charge in [0.2, 0.25) is 0 Å². The van der Waals surface area contributed by atoms with Crippen molar-refractivity contribution < 1.29 is 14.3 Å². The zero-order valence-corrected chi connectivity index (χ0v) is 10.7. The Labute approximate surface area is 111 Å². The number of hydrogen-bond acceptors (Lipinski definition) is 4. The van der Waals surface area contributed by atoms with Crippen LogP contribution in [0.15, 0.2) is 42.7 Å². The van der Waals surface area contributed by atoms with Gasteiger partial charge in [-0.25, -0.2) is 0 Å². The molecule has 0 spiro atoms. The summed E-state index contributed by atoms with van der Waals surface area (Å²) in [6.45, 7) is 0. The summed E-state index contributed by atoms with van der Waals surface area (Å²) < 4.78 is 10.3. The van der Waals surface area contributed by atoms with Crippen molar-refractivity contribution >= 4 is 11.6 Å². The van der Waals surface area contributed by atoms with Gasteiger partial charge in [-0.15, -0.1) is 0 Å². The number of amides is 1. The molecule has 0 radical (unpaired) electrons. The van der Waals surface area contributed by atoms with Gasteiger partial charge in [0.25, 0.3) is 5.91 Å². The molecule has 1 amide bonds. The molecule has 0 aliphatic carbocycles. The van der Waals surface area contributed by atoms with Crippen LogP contribution in [0.4, 0.5) is 5.69 Å². The number of hydrogen-bond donors (Lipinski definition) is 1. The van der Waals surface area contributed by atoms with E-state index in [4.69, 9.17) is 9.47 Å². The first-order valence-electron chi connectivity index (χ1n) is 5.68. The van der Waals surface area contributed by atoms with Gasteiger partial charge in [-0.1, -0.05) is 0 Å². The summed E-state index contributed by atoms with van der Waals surface area (Å²) in [7, 11) is 3.07. The Morgan fingerprint density at radius 2 is 2.05 bits per heavy atom. The fourth-order valence-corrected chi connectivity index (χ4v) is 1.62. The minimum absolute atomic E-state index is 0.257. The molecule has 2 rings (SSSR count). The molecule has 0 fully saturated rings. The normalized spacial score (nSPS) is 9.79. The van der Waals surface area contributed by atoms with Crippen molar-refractivity contribution in [3.63, 3.8) is 0 Å². The number of nitrogens with zero attached hydrogens (tertiary/aromatic N) is 1. The molecule has 0 aliphatic rings. The van der Waals surface area contributed by atoms with E-state index in [0.717, 1.165) is 0 Å². The van der Waals surface area contributed by atoms with Crippen LogP contribution in [0, 0.1) is 0 Å². The van der Waals surface area contributed by atoms with Crippen molar-refractivity contribution in [3.05, 3.63) is 48.3 Å². The average molecular weight is 258 g/mol. The Morgan fingerprint density at radius 3 is 2.68 bits per heavy atom. The van der Waals surface area contributed by atoms with Crippen LogP contribution in [0.25, 0.3) is 0 Å². The molecule has 0 saturated heterocycles. The van der Waals surface area contributed by atoms with Gasteiger partial charge < -0.3 is 14.8 Å². The standard InChI is InChI=1S/C14H14N2O3/c1-18-11-5-6-12(13(8-11)19-2)14(17)16-10-4-3-7-15-9-10/h3-9H,1-2H3,(H,16,17). The lowest BCUT2D eigenvalue weighted by atomic mass is 10.1. The van der Waals surface area contributed by atoms with Crippen LogP contribution < -0.4 is 14.8 Å². The summed E-state index contributed by atoms with van der Waals surface area (Å²) in [6.07, 6.45) is 3.22. The number of aromatic nitrogens is 1. The van der Waals surface area contributed by atoms with Gasteiger partial charge in [0.05, 0.1) is 31.7 Å². The SMILES string of the molecule is COc1ccc(C(=O)Nc2cccnc2)c(OC)c1. The first-order chi connectivity index (χ1) is 9.24. The summed E-state index contributed by atoms with van der Waals surface area (Å²) in [6, 6.07) is 8.55. The minimum atomic E-state index is -0.257. The van der Waals surface area contributed by atoms with Crippen molar-refractivity contribution in [1.82, 2.24) is 4.98 Å². The Bertz CT molecular complexity index is 570. The fourth-order valence-electron chi connectivity index (χ4n) is 1.62. The maximum absolute atomic E-state index is 12.1. The van der Waals surface area contributed by atoms with Crippen molar-refractivity contribution in [2.75, 3.05) is 19.5 Å². The Morgan fingerprint density at radius 1 is 1.21 bits per heavy atom. The molecule has 1 N–H and O–H groups in total. The molecule has 5 nitrogen and oxygen atoms in total. The van der Waals surface area contributed by atoms with E-state index in [1.807, 2.05) is 0 Å². The second kappa shape index (κ2) is 5.86. The molecule has 0 bridgehead atoms. The van der Waals surface area contributed by atoms with E-state index < -0.39 is 0 Å². The van der Waals surface area contributed by atoms with E-state index >= 15 is 0 Å². The van der Waals surface area contributed by atoms with E-state index in [0.29, 0.717) is 22.7 Å². The van der Waals surface area contributed by atoms with E-state index in [2.05, 4.69) is 10.3 Å². The number of pyridine rings is 1. The van der Waals surface area contributed by atoms with Gasteiger partial charge >= 0.3 is 0 Å². The second-order valence-corrected chi connectivity index (χ2v) is 3.76. The van der Waals surface area contributed by atoms with Gasteiger partial charge in [0, 0.05) is 12.3 Å². The zero-order valence-electron chi connectivity index (χ0n) is 10.7. The maximum Gasteiger partial charge on any atom is 0.259 e. The lowest BCUT2D eigenvalue weighted by molar-refractivity contribution is 0.102. The van der Waals surface area contributed by atoms with Gasteiger partial charge in [0.1, 0.15) is 11.5 Å². The van der Waals surface area contributed by atoms with Crippen molar-refractivity contribution in [3.8, 4) is 11.5 Å². The van der Waals surface area contributed by atoms with Crippen LogP contribution >= 0.6 is 0 Å². The number of nitrogens with one attached hydrogen (secondary N) is 1. The molecule has 1 heterocycles. The summed E-state index contributed by atoms with van der Waals surface area (Å²) in [5.41, 5.74) is 1.07. The van der Waals surface area contributed by atoms with Gasteiger partial charge in [-0.05, 0) is 24.3 Å². The van der Waals surface area contributed by atoms with Crippen LogP contribution in [-0.2, 0) is 0 Å². The van der Waals surface area contributed by atoms with E-state index in [1.54, 1.807) is 49.8 Å². The summed E-state index contributed by atoms with van der Waals surface area (Å²) >= 11 is 0. The van der Waals surface area contributed by atoms with E-state index in [-0.39, 0.29) is 5.91 Å². The minimum Gasteiger partial charge on any atom is -0.497 e. The smallest absolute Gasteiger partial charge is 0.259 e. The van der Waals surface area contributed by atoms with Crippen LogP contribution in [-0.4, -0.2) is 25.1 Å². The number of methoxy groups -OCH3 is 2. The van der Waals surface area contributed by atoms with E-state index in [1.165, 1.54) is 7.11 Å². The first-order valence-corrected chi connectivity index (χ1v) is 5.68. The first kappa shape index (κ1) is 12.9. The second-order valence-electron chi connectivity index (χ2n) is 3.76. The predicted octanol–water partition coefficient (Wildman–Crippen LogP) is 2.35. The Hall–Kier alpha value is -2.56. The van der Waals surface area contributed by atoms with Crippen molar-refractivity contribution in [1.29, 1.82) is 0 Å². The molecule has 1 aromatic carbocycles. The van der Waals surface area contributed by atoms with Gasteiger partial charge in [-0.2, -0.15) is 0 Å². The summed E-state index contributed by atoms with van der Waals surface area (Å²) in [5.74, 6) is 0.836. The topological polar surface area (TPSA) is 60.5 Å². The van der Waals surface area contributed by atoms with Gasteiger partial charge in [0.15, 0.2) is 0 Å². The number of carbonyl (C=O) groups is 1. The van der Waals surface area contributed by atoms with Gasteiger partial charge in [-0.3, -0.25) is 9.78 Å². The highest BCUT2D eigenvalue weighted by molar-refractivity contribution is 6.06. The summed E-state index contributed by atoms with van der Waals surface area (Å²) in [4.78, 5) is 16.1. The molecule has 98 valence electrons. The molecule has 19 heavy (non-hydrogen) atoms. The fraction of sp³-hybridized carbons (Fsp3) is 0.143. The Balaban J connectivity index is 2.24. The molecular weight excluding hydrogens is 244 g/mol. The molecule has 0 aliphatic heterocycles. The lowest BCUT2D eigenvalue weighted by Gasteiger charge is -2.10. The molecule has 1 aromatic heterocycles. The quantitative estimate of drug-likeness (QED) is 0.914. The average Bonchev–Trinajstić information content (AvgIpc) is 2.47. The Kier molecular flexibility index (Phi) is 3.97. The third-order valence-electron chi connectivity index (χ3n) is 2.57. The highest BCUT2D eigenvalue weighted by Crippen LogP contribution is 2.25. The maximum atomic E-state index is 12.1. The monoisotopic (exact) mass is 258 g/mol. The molecular formula is C14H14N2O3. The number of ether oxygens (including phenoxy) is 2. The lowest BCUT2D eigenvalue weighted by Crippen LogP contribution is -2.13. The third kappa shape index (κ3) is 3.01. The number of rotatable bonds is 4. The highest BCUT2D eigenvalue weighted by Gasteiger charge is 2.13.